The second kappa shape index (κ2) is 6.38. The third-order valence-electron chi connectivity index (χ3n) is 4.86. The van der Waals surface area contributed by atoms with Crippen LogP contribution in [0.1, 0.15) is 31.4 Å². The highest BCUT2D eigenvalue weighted by Crippen LogP contribution is 2.30. The molecule has 0 aromatic heterocycles. The Bertz CT molecular complexity index is 1110. The average Bonchev–Trinajstić information content (AvgIpc) is 3.23. The molecular weight excluding hydrogens is 308 g/mol. The van der Waals surface area contributed by atoms with Gasteiger partial charge in [0, 0.05) is 0 Å². The summed E-state index contributed by atoms with van der Waals surface area (Å²) in [5, 5.41) is 14.2. The second-order valence-electron chi connectivity index (χ2n) is 6.73. The Morgan fingerprint density at radius 3 is 2.68 bits per heavy atom. The largest absolute Gasteiger partial charge is 0.492 e. The van der Waals surface area contributed by atoms with Crippen LogP contribution in [0.3, 0.4) is 0 Å². The number of aliphatic hydroxyl groups is 1. The van der Waals surface area contributed by atoms with E-state index in [9.17, 15) is 0 Å². The first-order chi connectivity index (χ1) is 12.2. The van der Waals surface area contributed by atoms with Gasteiger partial charge in [-0.05, 0) is 76.1 Å². The van der Waals surface area contributed by atoms with Gasteiger partial charge in [-0.1, -0.05) is 42.0 Å². The summed E-state index contributed by atoms with van der Waals surface area (Å²) in [6, 6.07) is 13.1. The smallest absolute Gasteiger partial charge is 0.116 e. The molecule has 1 N–H and O–H groups in total. The standard InChI is InChI=1S/C23H22O2/c1-15(2)19-9-10-21-20-6-4-3-5-16(20)14-22(21)23(19)17-7-8-18(13-17)25-12-11-24/h3-6,8-10,13-14,24H,7,11-12H2,1-2H3. The monoisotopic (exact) mass is 330 g/mol. The Labute approximate surface area is 147 Å². The maximum absolute atomic E-state index is 8.97. The van der Waals surface area contributed by atoms with Crippen molar-refractivity contribution in [2.45, 2.75) is 20.3 Å². The summed E-state index contributed by atoms with van der Waals surface area (Å²) in [4.78, 5) is 0. The summed E-state index contributed by atoms with van der Waals surface area (Å²) in [6.07, 6.45) is 7.39. The fourth-order valence-corrected chi connectivity index (χ4v) is 3.73. The van der Waals surface area contributed by atoms with Gasteiger partial charge in [0.2, 0.25) is 0 Å². The highest BCUT2D eigenvalue weighted by Gasteiger charge is 2.17. The van der Waals surface area contributed by atoms with Crippen molar-refractivity contribution in [1.82, 2.24) is 0 Å². The van der Waals surface area contributed by atoms with Gasteiger partial charge in [0.1, 0.15) is 12.4 Å². The van der Waals surface area contributed by atoms with Crippen LogP contribution in [0, 0.1) is 10.4 Å². The number of fused-ring (bicyclic) bond motifs is 2. The van der Waals surface area contributed by atoms with Crippen molar-refractivity contribution in [1.29, 1.82) is 0 Å². The zero-order valence-corrected chi connectivity index (χ0v) is 14.7. The lowest BCUT2D eigenvalue weighted by Gasteiger charge is -2.10. The topological polar surface area (TPSA) is 29.5 Å². The van der Waals surface area contributed by atoms with E-state index in [-0.39, 0.29) is 6.61 Å². The van der Waals surface area contributed by atoms with E-state index in [1.807, 2.05) is 0 Å². The molecule has 0 heterocycles. The van der Waals surface area contributed by atoms with Crippen molar-refractivity contribution >= 4 is 17.2 Å². The van der Waals surface area contributed by atoms with Gasteiger partial charge in [-0.25, -0.2) is 0 Å². The summed E-state index contributed by atoms with van der Waals surface area (Å²) < 4.78 is 5.60. The fourth-order valence-electron chi connectivity index (χ4n) is 3.73. The van der Waals surface area contributed by atoms with Gasteiger partial charge in [-0.15, -0.1) is 0 Å². The molecule has 2 aliphatic rings. The van der Waals surface area contributed by atoms with Gasteiger partial charge in [0.25, 0.3) is 0 Å². The van der Waals surface area contributed by atoms with Crippen molar-refractivity contribution in [2.24, 2.45) is 0 Å². The Kier molecular flexibility index (Phi) is 4.06. The lowest BCUT2D eigenvalue weighted by molar-refractivity contribution is 0.152. The zero-order valence-electron chi connectivity index (χ0n) is 14.7. The predicted octanol–water partition coefficient (Wildman–Crippen LogP) is 2.99. The SMILES string of the molecule is CC(C)=c1ccc2c(c1C1=CC(OCCO)=CC1)C=c1ccccc1=2. The van der Waals surface area contributed by atoms with Gasteiger partial charge >= 0.3 is 0 Å². The van der Waals surface area contributed by atoms with Gasteiger partial charge in [0.15, 0.2) is 0 Å². The molecule has 25 heavy (non-hydrogen) atoms. The molecule has 0 radical (unpaired) electrons. The van der Waals surface area contributed by atoms with Gasteiger partial charge in [0.05, 0.1) is 6.61 Å². The molecule has 126 valence electrons. The van der Waals surface area contributed by atoms with Crippen molar-refractivity contribution in [3.05, 3.63) is 86.3 Å². The molecule has 0 saturated carbocycles. The molecule has 2 heteroatoms. The van der Waals surface area contributed by atoms with Crippen molar-refractivity contribution in [3.8, 4) is 0 Å². The highest BCUT2D eigenvalue weighted by molar-refractivity contribution is 5.80. The van der Waals surface area contributed by atoms with Crippen molar-refractivity contribution in [3.63, 3.8) is 0 Å². The van der Waals surface area contributed by atoms with Crippen LogP contribution < -0.4 is 10.4 Å². The van der Waals surface area contributed by atoms with Gasteiger partial charge < -0.3 is 9.84 Å². The van der Waals surface area contributed by atoms with E-state index in [2.05, 4.69) is 68.5 Å². The number of hydrogen-bond donors (Lipinski definition) is 1. The molecule has 0 spiro atoms. The Morgan fingerprint density at radius 1 is 1.04 bits per heavy atom. The Morgan fingerprint density at radius 2 is 1.88 bits per heavy atom. The molecule has 0 atom stereocenters. The predicted molar refractivity (Wildman–Crippen MR) is 102 cm³/mol. The third kappa shape index (κ3) is 2.73. The van der Waals surface area contributed by atoms with Crippen molar-refractivity contribution < 1.29 is 9.84 Å². The average molecular weight is 330 g/mol. The summed E-state index contributed by atoms with van der Waals surface area (Å²) in [5.41, 5.74) is 5.22. The molecular formula is C23H22O2. The third-order valence-corrected chi connectivity index (χ3v) is 4.86. The molecule has 0 saturated heterocycles. The van der Waals surface area contributed by atoms with Crippen LogP contribution in [0.5, 0.6) is 0 Å². The lowest BCUT2D eigenvalue weighted by atomic mass is 9.94. The first-order valence-electron chi connectivity index (χ1n) is 8.75. The minimum atomic E-state index is 0.0391. The van der Waals surface area contributed by atoms with Crippen LogP contribution in [-0.2, 0) is 4.74 Å². The van der Waals surface area contributed by atoms with E-state index in [4.69, 9.17) is 9.84 Å². The van der Waals surface area contributed by atoms with E-state index in [1.165, 1.54) is 43.1 Å². The molecule has 4 rings (SSSR count). The van der Waals surface area contributed by atoms with Crippen LogP contribution in [0.2, 0.25) is 0 Å². The maximum Gasteiger partial charge on any atom is 0.116 e. The minimum Gasteiger partial charge on any atom is -0.492 e. The molecule has 2 aliphatic carbocycles. The van der Waals surface area contributed by atoms with E-state index < -0.39 is 0 Å². The summed E-state index contributed by atoms with van der Waals surface area (Å²) in [6.45, 7) is 4.71. The molecule has 2 nitrogen and oxygen atoms in total. The Hall–Kier alpha value is -2.58. The summed E-state index contributed by atoms with van der Waals surface area (Å²) >= 11 is 0. The van der Waals surface area contributed by atoms with Crippen LogP contribution in [0.4, 0.5) is 0 Å². The van der Waals surface area contributed by atoms with Gasteiger partial charge in [-0.2, -0.15) is 0 Å². The number of ether oxygens (including phenoxy) is 1. The van der Waals surface area contributed by atoms with Crippen LogP contribution in [0.25, 0.3) is 17.2 Å². The summed E-state index contributed by atoms with van der Waals surface area (Å²) in [5.74, 6) is 0.858. The molecule has 0 amide bonds. The number of rotatable bonds is 4. The van der Waals surface area contributed by atoms with Crippen LogP contribution >= 0.6 is 0 Å². The number of hydrogen-bond acceptors (Lipinski definition) is 2. The fraction of sp³-hybridized carbons (Fsp3) is 0.217. The quantitative estimate of drug-likeness (QED) is 0.797. The number of allylic oxidation sites excluding steroid dienone is 3. The highest BCUT2D eigenvalue weighted by atomic mass is 16.5. The van der Waals surface area contributed by atoms with E-state index in [0.717, 1.165) is 12.2 Å². The van der Waals surface area contributed by atoms with E-state index in [1.54, 1.807) is 0 Å². The minimum absolute atomic E-state index is 0.0391. The molecule has 2 aromatic carbocycles. The molecule has 2 aromatic rings. The van der Waals surface area contributed by atoms with E-state index in [0.29, 0.717) is 6.61 Å². The molecule has 0 aliphatic heterocycles. The number of benzene rings is 2. The first kappa shape index (κ1) is 15.9. The second-order valence-corrected chi connectivity index (χ2v) is 6.73. The molecule has 0 unspecified atom stereocenters. The normalized spacial score (nSPS) is 14.4. The van der Waals surface area contributed by atoms with Gasteiger partial charge in [-0.3, -0.25) is 0 Å². The first-order valence-corrected chi connectivity index (χ1v) is 8.75. The summed E-state index contributed by atoms with van der Waals surface area (Å²) in [7, 11) is 0. The van der Waals surface area contributed by atoms with Crippen LogP contribution in [0.15, 0.2) is 54.3 Å². The maximum atomic E-state index is 8.97. The number of aliphatic hydroxyl groups excluding tert-OH is 1. The van der Waals surface area contributed by atoms with E-state index >= 15 is 0 Å². The zero-order chi connectivity index (χ0) is 17.4. The Balaban J connectivity index is 1.95. The lowest BCUT2D eigenvalue weighted by Crippen LogP contribution is -2.12. The molecule has 0 bridgehead atoms. The molecule has 0 fully saturated rings. The van der Waals surface area contributed by atoms with Crippen molar-refractivity contribution in [2.75, 3.05) is 13.2 Å². The van der Waals surface area contributed by atoms with Crippen LogP contribution in [-0.4, -0.2) is 18.3 Å².